The standard InChI is InChI=1S/C16H20ClN3O2S/c1-16(2,12-19-11-13-4-3-9-18-10-13)20-23(21,22)15-7-5-14(17)6-8-15/h3-10,19-20H,11-12H2,1-2H3. The zero-order valence-corrected chi connectivity index (χ0v) is 14.7. The van der Waals surface area contributed by atoms with E-state index < -0.39 is 15.6 Å². The summed E-state index contributed by atoms with van der Waals surface area (Å²) < 4.78 is 27.5. The molecule has 0 aliphatic carbocycles. The number of sulfonamides is 1. The van der Waals surface area contributed by atoms with Gasteiger partial charge in [0.05, 0.1) is 4.90 Å². The molecule has 1 heterocycles. The molecule has 2 aromatic rings. The molecular formula is C16H20ClN3O2S. The molecule has 0 aliphatic rings. The average molecular weight is 354 g/mol. The fourth-order valence-corrected chi connectivity index (χ4v) is 3.63. The van der Waals surface area contributed by atoms with Crippen LogP contribution in [0.2, 0.25) is 5.02 Å². The van der Waals surface area contributed by atoms with Gasteiger partial charge in [-0.1, -0.05) is 17.7 Å². The molecule has 0 atom stereocenters. The monoisotopic (exact) mass is 353 g/mol. The maximum Gasteiger partial charge on any atom is 0.241 e. The SMILES string of the molecule is CC(C)(CNCc1cccnc1)NS(=O)(=O)c1ccc(Cl)cc1. The highest BCUT2D eigenvalue weighted by molar-refractivity contribution is 7.89. The van der Waals surface area contributed by atoms with Gasteiger partial charge in [0.25, 0.3) is 0 Å². The number of halogens is 1. The predicted octanol–water partition coefficient (Wildman–Crippen LogP) is 2.58. The van der Waals surface area contributed by atoms with E-state index in [0.29, 0.717) is 18.1 Å². The van der Waals surface area contributed by atoms with Gasteiger partial charge in [-0.2, -0.15) is 0 Å². The fourth-order valence-electron chi connectivity index (χ4n) is 2.09. The molecule has 0 amide bonds. The minimum Gasteiger partial charge on any atom is -0.311 e. The Bertz CT molecular complexity index is 732. The van der Waals surface area contributed by atoms with Crippen LogP contribution in [0.25, 0.3) is 0 Å². The van der Waals surface area contributed by atoms with Crippen LogP contribution in [0.1, 0.15) is 19.4 Å². The summed E-state index contributed by atoms with van der Waals surface area (Å²) in [6, 6.07) is 9.93. The number of hydrogen-bond donors (Lipinski definition) is 2. The second-order valence-corrected chi connectivity index (χ2v) is 8.03. The number of nitrogens with zero attached hydrogens (tertiary/aromatic N) is 1. The highest BCUT2D eigenvalue weighted by Crippen LogP contribution is 2.16. The third-order valence-electron chi connectivity index (χ3n) is 3.15. The molecule has 2 rings (SSSR count). The Morgan fingerprint density at radius 2 is 1.87 bits per heavy atom. The molecule has 23 heavy (non-hydrogen) atoms. The van der Waals surface area contributed by atoms with E-state index in [1.54, 1.807) is 24.5 Å². The van der Waals surface area contributed by atoms with Crippen molar-refractivity contribution in [3.05, 3.63) is 59.4 Å². The Morgan fingerprint density at radius 1 is 1.17 bits per heavy atom. The summed E-state index contributed by atoms with van der Waals surface area (Å²) >= 11 is 5.79. The minimum absolute atomic E-state index is 0.197. The normalized spacial score (nSPS) is 12.3. The van der Waals surface area contributed by atoms with Crippen molar-refractivity contribution in [2.24, 2.45) is 0 Å². The van der Waals surface area contributed by atoms with Crippen LogP contribution in [0.15, 0.2) is 53.7 Å². The number of hydrogen-bond acceptors (Lipinski definition) is 4. The second kappa shape index (κ2) is 7.40. The Kier molecular flexibility index (Phi) is 5.75. The molecule has 0 saturated carbocycles. The molecular weight excluding hydrogens is 334 g/mol. The van der Waals surface area contributed by atoms with Crippen molar-refractivity contribution < 1.29 is 8.42 Å². The van der Waals surface area contributed by atoms with Gasteiger partial charge in [0.15, 0.2) is 0 Å². The van der Waals surface area contributed by atoms with Crippen LogP contribution in [0.3, 0.4) is 0 Å². The van der Waals surface area contributed by atoms with E-state index in [1.807, 2.05) is 26.0 Å². The van der Waals surface area contributed by atoms with Crippen molar-refractivity contribution in [1.29, 1.82) is 0 Å². The van der Waals surface area contributed by atoms with E-state index in [-0.39, 0.29) is 4.90 Å². The highest BCUT2D eigenvalue weighted by Gasteiger charge is 2.25. The van der Waals surface area contributed by atoms with Crippen molar-refractivity contribution in [3.63, 3.8) is 0 Å². The van der Waals surface area contributed by atoms with Crippen LogP contribution < -0.4 is 10.0 Å². The van der Waals surface area contributed by atoms with Gasteiger partial charge in [-0.15, -0.1) is 0 Å². The van der Waals surface area contributed by atoms with Gasteiger partial charge in [0.1, 0.15) is 0 Å². The maximum atomic E-state index is 12.4. The van der Waals surface area contributed by atoms with E-state index in [0.717, 1.165) is 5.56 Å². The molecule has 1 aromatic carbocycles. The van der Waals surface area contributed by atoms with Crippen LogP contribution in [0.4, 0.5) is 0 Å². The number of nitrogens with one attached hydrogen (secondary N) is 2. The zero-order valence-electron chi connectivity index (χ0n) is 13.1. The quantitative estimate of drug-likeness (QED) is 0.802. The topological polar surface area (TPSA) is 71.1 Å². The van der Waals surface area contributed by atoms with Gasteiger partial charge in [0.2, 0.25) is 10.0 Å². The fraction of sp³-hybridized carbons (Fsp3) is 0.312. The van der Waals surface area contributed by atoms with Gasteiger partial charge < -0.3 is 5.32 Å². The van der Waals surface area contributed by atoms with Crippen LogP contribution in [-0.4, -0.2) is 25.5 Å². The molecule has 0 aliphatic heterocycles. The number of aromatic nitrogens is 1. The van der Waals surface area contributed by atoms with E-state index in [9.17, 15) is 8.42 Å². The summed E-state index contributed by atoms with van der Waals surface area (Å²) in [5.74, 6) is 0. The molecule has 5 nitrogen and oxygen atoms in total. The molecule has 7 heteroatoms. The van der Waals surface area contributed by atoms with Crippen molar-refractivity contribution >= 4 is 21.6 Å². The van der Waals surface area contributed by atoms with Crippen LogP contribution in [-0.2, 0) is 16.6 Å². The summed E-state index contributed by atoms with van der Waals surface area (Å²) in [5, 5.41) is 3.74. The van der Waals surface area contributed by atoms with Crippen LogP contribution in [0.5, 0.6) is 0 Å². The van der Waals surface area contributed by atoms with Gasteiger partial charge >= 0.3 is 0 Å². The van der Waals surface area contributed by atoms with Crippen molar-refractivity contribution in [2.45, 2.75) is 30.8 Å². The summed E-state index contributed by atoms with van der Waals surface area (Å²) in [5.41, 5.74) is 0.407. The summed E-state index contributed by atoms with van der Waals surface area (Å²) in [6.45, 7) is 4.77. The molecule has 0 spiro atoms. The molecule has 2 N–H and O–H groups in total. The molecule has 0 unspecified atom stereocenters. The summed E-state index contributed by atoms with van der Waals surface area (Å²) in [7, 11) is -3.59. The summed E-state index contributed by atoms with van der Waals surface area (Å²) in [6.07, 6.45) is 3.49. The van der Waals surface area contributed by atoms with Gasteiger partial charge in [-0.05, 0) is 49.7 Å². The van der Waals surface area contributed by atoms with E-state index in [1.165, 1.54) is 12.1 Å². The first kappa shape index (κ1) is 17.9. The van der Waals surface area contributed by atoms with E-state index in [4.69, 9.17) is 11.6 Å². The van der Waals surface area contributed by atoms with Crippen LogP contribution >= 0.6 is 11.6 Å². The van der Waals surface area contributed by atoms with Gasteiger partial charge in [-0.3, -0.25) is 4.98 Å². The van der Waals surface area contributed by atoms with Crippen LogP contribution in [0, 0.1) is 0 Å². The number of rotatable bonds is 7. The highest BCUT2D eigenvalue weighted by atomic mass is 35.5. The summed E-state index contributed by atoms with van der Waals surface area (Å²) in [4.78, 5) is 4.24. The third-order valence-corrected chi connectivity index (χ3v) is 5.12. The Labute approximate surface area is 142 Å². The number of benzene rings is 1. The molecule has 0 saturated heterocycles. The molecule has 0 fully saturated rings. The van der Waals surface area contributed by atoms with Gasteiger partial charge in [-0.25, -0.2) is 13.1 Å². The lowest BCUT2D eigenvalue weighted by molar-refractivity contribution is 0.419. The Hall–Kier alpha value is -1.47. The van der Waals surface area contributed by atoms with Crippen molar-refractivity contribution in [2.75, 3.05) is 6.54 Å². The molecule has 124 valence electrons. The number of pyridine rings is 1. The largest absolute Gasteiger partial charge is 0.311 e. The first-order chi connectivity index (χ1) is 10.8. The lowest BCUT2D eigenvalue weighted by Gasteiger charge is -2.26. The average Bonchev–Trinajstić information content (AvgIpc) is 2.47. The first-order valence-electron chi connectivity index (χ1n) is 7.18. The van der Waals surface area contributed by atoms with E-state index in [2.05, 4.69) is 15.0 Å². The zero-order chi connectivity index (χ0) is 16.9. The molecule has 0 bridgehead atoms. The molecule has 0 radical (unpaired) electrons. The third kappa shape index (κ3) is 5.58. The first-order valence-corrected chi connectivity index (χ1v) is 9.04. The Morgan fingerprint density at radius 3 is 2.48 bits per heavy atom. The van der Waals surface area contributed by atoms with Gasteiger partial charge in [0, 0.05) is 36.0 Å². The predicted molar refractivity (Wildman–Crippen MR) is 91.8 cm³/mol. The lowest BCUT2D eigenvalue weighted by Crippen LogP contribution is -2.50. The maximum absolute atomic E-state index is 12.4. The van der Waals surface area contributed by atoms with E-state index >= 15 is 0 Å². The van der Waals surface area contributed by atoms with Crippen molar-refractivity contribution in [3.8, 4) is 0 Å². The van der Waals surface area contributed by atoms with Crippen molar-refractivity contribution in [1.82, 2.24) is 15.0 Å². The molecule has 1 aromatic heterocycles. The second-order valence-electron chi connectivity index (χ2n) is 5.91. The lowest BCUT2D eigenvalue weighted by atomic mass is 10.1. The minimum atomic E-state index is -3.59. The smallest absolute Gasteiger partial charge is 0.241 e. The Balaban J connectivity index is 1.95.